The maximum absolute atomic E-state index is 14.0. The molecule has 0 aliphatic carbocycles. The van der Waals surface area contributed by atoms with E-state index in [0.717, 1.165) is 21.4 Å². The van der Waals surface area contributed by atoms with E-state index >= 15 is 0 Å². The molecule has 4 aromatic rings. The van der Waals surface area contributed by atoms with Crippen molar-refractivity contribution in [1.29, 1.82) is 0 Å². The Bertz CT molecular complexity index is 1510. The molecule has 1 aliphatic rings. The molecule has 6 nitrogen and oxygen atoms in total. The van der Waals surface area contributed by atoms with Gasteiger partial charge in [-0.25, -0.2) is 8.78 Å². The fourth-order valence-electron chi connectivity index (χ4n) is 4.32. The van der Waals surface area contributed by atoms with Gasteiger partial charge < -0.3 is 15.2 Å². The summed E-state index contributed by atoms with van der Waals surface area (Å²) >= 11 is 1.33. The van der Waals surface area contributed by atoms with Crippen molar-refractivity contribution in [2.75, 3.05) is 6.54 Å². The van der Waals surface area contributed by atoms with Gasteiger partial charge >= 0.3 is 6.18 Å². The lowest BCUT2D eigenvalue weighted by atomic mass is 10.0. The Balaban J connectivity index is 1.22. The Labute approximate surface area is 211 Å². The maximum Gasteiger partial charge on any atom is 0.417 e. The van der Waals surface area contributed by atoms with E-state index in [1.807, 2.05) is 0 Å². The summed E-state index contributed by atoms with van der Waals surface area (Å²) in [6.07, 6.45) is -1.91. The van der Waals surface area contributed by atoms with Crippen LogP contribution >= 0.6 is 11.3 Å². The molecule has 0 fully saturated rings. The number of benzene rings is 1. The van der Waals surface area contributed by atoms with Gasteiger partial charge in [-0.1, -0.05) is 0 Å². The Hall–Kier alpha value is -3.80. The zero-order valence-corrected chi connectivity index (χ0v) is 19.9. The lowest BCUT2D eigenvalue weighted by Gasteiger charge is -2.27. The molecule has 4 heterocycles. The highest BCUT2D eigenvalue weighted by atomic mass is 32.1. The monoisotopic (exact) mass is 534 g/mol. The number of H-pyrrole nitrogens is 1. The third-order valence-electron chi connectivity index (χ3n) is 6.28. The van der Waals surface area contributed by atoms with Crippen LogP contribution in [0.25, 0.3) is 10.9 Å². The number of hydrogen-bond donors (Lipinski definition) is 2. The number of hydrogen-bond acceptors (Lipinski definition) is 4. The predicted octanol–water partition coefficient (Wildman–Crippen LogP) is 4.98. The molecule has 0 saturated heterocycles. The number of halogens is 5. The summed E-state index contributed by atoms with van der Waals surface area (Å²) in [5.74, 6) is -2.12. The number of carbonyl (C=O) groups excluding carboxylic acids is 2. The minimum absolute atomic E-state index is 0.0980. The Kier molecular flexibility index (Phi) is 6.44. The molecular weight excluding hydrogens is 515 g/mol. The summed E-state index contributed by atoms with van der Waals surface area (Å²) in [6, 6.07) is 4.70. The van der Waals surface area contributed by atoms with E-state index < -0.39 is 23.5 Å². The SMILES string of the molecule is O=C(NCc1ncc(C(F)(F)F)cc1F)c1csc2c1CCN(C(=O)Cc1c[nH]c3cc(F)ccc13)C2. The van der Waals surface area contributed by atoms with E-state index in [0.29, 0.717) is 42.9 Å². The van der Waals surface area contributed by atoms with Crippen LogP contribution in [-0.2, 0) is 36.9 Å². The summed E-state index contributed by atoms with van der Waals surface area (Å²) in [6.45, 7) is 0.361. The average Bonchev–Trinajstić information content (AvgIpc) is 3.45. The van der Waals surface area contributed by atoms with Crippen LogP contribution in [0.2, 0.25) is 0 Å². The predicted molar refractivity (Wildman–Crippen MR) is 126 cm³/mol. The van der Waals surface area contributed by atoms with Gasteiger partial charge in [0.15, 0.2) is 0 Å². The fourth-order valence-corrected chi connectivity index (χ4v) is 5.42. The van der Waals surface area contributed by atoms with Gasteiger partial charge in [-0.2, -0.15) is 13.2 Å². The van der Waals surface area contributed by atoms with Gasteiger partial charge in [0.2, 0.25) is 5.91 Å². The van der Waals surface area contributed by atoms with Crippen LogP contribution in [-0.4, -0.2) is 33.2 Å². The average molecular weight is 535 g/mol. The zero-order chi connectivity index (χ0) is 26.3. The highest BCUT2D eigenvalue weighted by Gasteiger charge is 2.32. The van der Waals surface area contributed by atoms with Crippen LogP contribution in [0, 0.1) is 11.6 Å². The van der Waals surface area contributed by atoms with Crippen molar-refractivity contribution in [3.8, 4) is 0 Å². The zero-order valence-electron chi connectivity index (χ0n) is 19.1. The standard InChI is InChI=1S/C25H19F5N4O2S/c26-15-1-2-16-13(8-31-20(16)7-15)5-23(35)34-4-3-17-18(12-37-22(17)11-34)24(36)33-10-21-19(27)6-14(9-32-21)25(28,29)30/h1-2,6-9,12,31H,3-5,10-11H2,(H,33,36). The number of nitrogens with one attached hydrogen (secondary N) is 2. The molecule has 0 spiro atoms. The van der Waals surface area contributed by atoms with Crippen LogP contribution in [0.3, 0.4) is 0 Å². The van der Waals surface area contributed by atoms with Crippen molar-refractivity contribution in [2.24, 2.45) is 0 Å². The number of alkyl halides is 3. The molecule has 5 rings (SSSR count). The van der Waals surface area contributed by atoms with Crippen molar-refractivity contribution in [3.63, 3.8) is 0 Å². The molecular formula is C25H19F5N4O2S. The highest BCUT2D eigenvalue weighted by Crippen LogP contribution is 2.31. The summed E-state index contributed by atoms with van der Waals surface area (Å²) in [7, 11) is 0. The van der Waals surface area contributed by atoms with Gasteiger partial charge in [0.1, 0.15) is 11.6 Å². The van der Waals surface area contributed by atoms with Crippen LogP contribution in [0.5, 0.6) is 0 Å². The first kappa shape index (κ1) is 24.9. The molecule has 12 heteroatoms. The minimum atomic E-state index is -4.71. The number of amides is 2. The maximum atomic E-state index is 14.0. The van der Waals surface area contributed by atoms with Gasteiger partial charge in [-0.15, -0.1) is 11.3 Å². The summed E-state index contributed by atoms with van der Waals surface area (Å²) in [4.78, 5) is 34.7. The molecule has 3 aromatic heterocycles. The third kappa shape index (κ3) is 5.06. The molecule has 37 heavy (non-hydrogen) atoms. The fraction of sp³-hybridized carbons (Fsp3) is 0.240. The first-order valence-corrected chi connectivity index (χ1v) is 12.1. The van der Waals surface area contributed by atoms with Gasteiger partial charge in [0.05, 0.1) is 36.3 Å². The van der Waals surface area contributed by atoms with Crippen LogP contribution < -0.4 is 5.32 Å². The number of nitrogens with zero attached hydrogens (tertiary/aromatic N) is 2. The third-order valence-corrected chi connectivity index (χ3v) is 7.29. The second-order valence-corrected chi connectivity index (χ2v) is 9.59. The molecule has 0 saturated carbocycles. The number of aromatic amines is 1. The van der Waals surface area contributed by atoms with E-state index in [-0.39, 0.29) is 30.4 Å². The molecule has 0 bridgehead atoms. The molecule has 0 radical (unpaired) electrons. The van der Waals surface area contributed by atoms with Crippen LogP contribution in [0.1, 0.15) is 37.6 Å². The molecule has 2 N–H and O–H groups in total. The molecule has 192 valence electrons. The highest BCUT2D eigenvalue weighted by molar-refractivity contribution is 7.10. The first-order chi connectivity index (χ1) is 17.6. The van der Waals surface area contributed by atoms with E-state index in [1.165, 1.54) is 23.5 Å². The minimum Gasteiger partial charge on any atom is -0.361 e. The van der Waals surface area contributed by atoms with E-state index in [9.17, 15) is 31.5 Å². The quantitative estimate of drug-likeness (QED) is 0.355. The van der Waals surface area contributed by atoms with E-state index in [1.54, 1.807) is 22.5 Å². The number of aromatic nitrogens is 2. The lowest BCUT2D eigenvalue weighted by Crippen LogP contribution is -2.37. The summed E-state index contributed by atoms with van der Waals surface area (Å²) in [5, 5.41) is 4.94. The van der Waals surface area contributed by atoms with Gasteiger partial charge in [-0.3, -0.25) is 14.6 Å². The molecule has 0 atom stereocenters. The summed E-state index contributed by atoms with van der Waals surface area (Å²) < 4.78 is 65.5. The summed E-state index contributed by atoms with van der Waals surface area (Å²) in [5.41, 5.74) is 1.05. The van der Waals surface area contributed by atoms with E-state index in [2.05, 4.69) is 15.3 Å². The number of thiophene rings is 1. The van der Waals surface area contributed by atoms with Crippen molar-refractivity contribution in [1.82, 2.24) is 20.2 Å². The molecule has 2 amide bonds. The topological polar surface area (TPSA) is 78.1 Å². The van der Waals surface area contributed by atoms with Gasteiger partial charge in [0.25, 0.3) is 5.91 Å². The largest absolute Gasteiger partial charge is 0.417 e. The second kappa shape index (κ2) is 9.58. The van der Waals surface area contributed by atoms with Crippen molar-refractivity contribution < 1.29 is 31.5 Å². The first-order valence-electron chi connectivity index (χ1n) is 11.2. The molecule has 1 aliphatic heterocycles. The van der Waals surface area contributed by atoms with Crippen LogP contribution in [0.4, 0.5) is 22.0 Å². The van der Waals surface area contributed by atoms with Crippen molar-refractivity contribution >= 4 is 34.1 Å². The van der Waals surface area contributed by atoms with Crippen molar-refractivity contribution in [3.05, 3.63) is 86.5 Å². The molecule has 1 aromatic carbocycles. The number of fused-ring (bicyclic) bond motifs is 2. The number of carbonyl (C=O) groups is 2. The molecule has 0 unspecified atom stereocenters. The normalized spacial score (nSPS) is 13.6. The van der Waals surface area contributed by atoms with Crippen molar-refractivity contribution in [2.45, 2.75) is 32.1 Å². The number of pyridine rings is 1. The lowest BCUT2D eigenvalue weighted by molar-refractivity contribution is -0.138. The smallest absolute Gasteiger partial charge is 0.361 e. The Morgan fingerprint density at radius 2 is 2.00 bits per heavy atom. The number of rotatable bonds is 5. The van der Waals surface area contributed by atoms with Gasteiger partial charge in [0, 0.05) is 40.1 Å². The second-order valence-electron chi connectivity index (χ2n) is 8.63. The van der Waals surface area contributed by atoms with Crippen LogP contribution in [0.15, 0.2) is 42.0 Å². The Morgan fingerprint density at radius 1 is 1.19 bits per heavy atom. The van der Waals surface area contributed by atoms with Gasteiger partial charge in [-0.05, 0) is 41.8 Å². The van der Waals surface area contributed by atoms with E-state index in [4.69, 9.17) is 0 Å². The Morgan fingerprint density at radius 3 is 2.76 bits per heavy atom.